The lowest BCUT2D eigenvalue weighted by atomic mass is 10.1. The van der Waals surface area contributed by atoms with E-state index in [0.717, 1.165) is 48.5 Å². The molecule has 0 saturated carbocycles. The van der Waals surface area contributed by atoms with Gasteiger partial charge in [0, 0.05) is 42.1 Å². The molecule has 0 radical (unpaired) electrons. The lowest BCUT2D eigenvalue weighted by Gasteiger charge is -2.36. The predicted molar refractivity (Wildman–Crippen MR) is 129 cm³/mol. The summed E-state index contributed by atoms with van der Waals surface area (Å²) in [7, 11) is 0. The Morgan fingerprint density at radius 1 is 1.09 bits per heavy atom. The van der Waals surface area contributed by atoms with Crippen LogP contribution in [0.15, 0.2) is 42.5 Å². The van der Waals surface area contributed by atoms with Gasteiger partial charge >= 0.3 is 0 Å². The molecule has 6 nitrogen and oxygen atoms in total. The van der Waals surface area contributed by atoms with Crippen LogP contribution < -0.4 is 15.5 Å². The molecule has 2 aromatic rings. The number of carbonyl (C=O) groups excluding carboxylic acids is 2. The molecule has 0 bridgehead atoms. The Labute approximate surface area is 191 Å². The highest BCUT2D eigenvalue weighted by Gasteiger charge is 2.39. The molecule has 0 aromatic heterocycles. The summed E-state index contributed by atoms with van der Waals surface area (Å²) in [6.07, 6.45) is 1.12. The summed E-state index contributed by atoms with van der Waals surface area (Å²) in [5.74, 6) is -0.285. The first-order chi connectivity index (χ1) is 15.4. The van der Waals surface area contributed by atoms with Crippen molar-refractivity contribution in [2.24, 2.45) is 5.92 Å². The Kier molecular flexibility index (Phi) is 6.24. The van der Waals surface area contributed by atoms with E-state index < -0.39 is 0 Å². The fourth-order valence-corrected chi connectivity index (χ4v) is 5.21. The molecule has 170 valence electrons. The number of hydrogen-bond acceptors (Lipinski definition) is 3. The number of benzene rings is 2. The highest BCUT2D eigenvalue weighted by Crippen LogP contribution is 2.34. The Hall–Kier alpha value is -2.86. The minimum Gasteiger partial charge on any atom is -0.399 e. The third kappa shape index (κ3) is 4.11. The minimum atomic E-state index is -0.320. The van der Waals surface area contributed by atoms with Crippen LogP contribution in [0, 0.1) is 5.92 Å². The average Bonchev–Trinajstić information content (AvgIpc) is 3.40. The number of fused-ring (bicyclic) bond motifs is 1. The molecule has 1 atom stereocenters. The van der Waals surface area contributed by atoms with Crippen LogP contribution in [-0.4, -0.2) is 49.0 Å². The molecule has 2 amide bonds. The van der Waals surface area contributed by atoms with Crippen molar-refractivity contribution in [3.05, 3.63) is 53.6 Å². The first-order valence-corrected chi connectivity index (χ1v) is 11.8. The van der Waals surface area contributed by atoms with Gasteiger partial charge in [0.25, 0.3) is 0 Å². The number of nitrogens with zero attached hydrogens (tertiary/aromatic N) is 3. The highest BCUT2D eigenvalue weighted by atomic mass is 16.2. The van der Waals surface area contributed by atoms with E-state index in [1.807, 2.05) is 17.0 Å². The van der Waals surface area contributed by atoms with Crippen molar-refractivity contribution in [1.82, 2.24) is 0 Å². The third-order valence-corrected chi connectivity index (χ3v) is 7.49. The Bertz CT molecular complexity index is 1010. The number of nitrogens with two attached hydrogens (primary N) is 1. The van der Waals surface area contributed by atoms with Gasteiger partial charge in [0.15, 0.2) is 0 Å². The lowest BCUT2D eigenvalue weighted by molar-refractivity contribution is -0.936. The van der Waals surface area contributed by atoms with E-state index in [-0.39, 0.29) is 24.2 Å². The maximum atomic E-state index is 13.4. The van der Waals surface area contributed by atoms with Gasteiger partial charge in [-0.3, -0.25) is 9.59 Å². The van der Waals surface area contributed by atoms with Crippen molar-refractivity contribution in [1.29, 1.82) is 0 Å². The Morgan fingerprint density at radius 3 is 2.53 bits per heavy atom. The summed E-state index contributed by atoms with van der Waals surface area (Å²) in [4.78, 5) is 29.6. The third-order valence-electron chi connectivity index (χ3n) is 7.49. The van der Waals surface area contributed by atoms with Gasteiger partial charge in [-0.2, -0.15) is 0 Å². The van der Waals surface area contributed by atoms with Crippen LogP contribution in [0.25, 0.3) is 0 Å². The molecular formula is C26H35N4O2+. The van der Waals surface area contributed by atoms with Gasteiger partial charge in [0.1, 0.15) is 6.54 Å². The second-order valence-corrected chi connectivity index (χ2v) is 9.15. The molecule has 2 heterocycles. The van der Waals surface area contributed by atoms with Gasteiger partial charge in [-0.15, -0.1) is 0 Å². The van der Waals surface area contributed by atoms with E-state index >= 15 is 0 Å². The number of nitrogen functional groups attached to an aromatic ring is 1. The maximum Gasteiger partial charge on any atom is 0.232 e. The fourth-order valence-electron chi connectivity index (χ4n) is 5.21. The normalized spacial score (nSPS) is 18.3. The van der Waals surface area contributed by atoms with Crippen molar-refractivity contribution >= 4 is 28.9 Å². The first-order valence-electron chi connectivity index (χ1n) is 11.8. The van der Waals surface area contributed by atoms with Crippen molar-refractivity contribution < 1.29 is 14.1 Å². The SMILES string of the molecule is CC[N+](CC)(CC)Cc1ccc2c(c1)CCN2C(=O)C1CC(=O)N(c2cccc(N)c2)C1. The molecule has 6 heteroatoms. The molecule has 0 spiro atoms. The van der Waals surface area contributed by atoms with Gasteiger partial charge in [-0.05, 0) is 63.1 Å². The van der Waals surface area contributed by atoms with E-state index in [4.69, 9.17) is 5.73 Å². The van der Waals surface area contributed by atoms with Crippen LogP contribution >= 0.6 is 0 Å². The molecule has 32 heavy (non-hydrogen) atoms. The van der Waals surface area contributed by atoms with Crippen LogP contribution in [0.3, 0.4) is 0 Å². The summed E-state index contributed by atoms with van der Waals surface area (Å²) in [5.41, 5.74) is 10.9. The van der Waals surface area contributed by atoms with Crippen LogP contribution in [0.2, 0.25) is 0 Å². The molecular weight excluding hydrogens is 400 g/mol. The maximum absolute atomic E-state index is 13.4. The molecule has 2 aliphatic heterocycles. The van der Waals surface area contributed by atoms with Crippen molar-refractivity contribution in [3.8, 4) is 0 Å². The number of rotatable bonds is 7. The average molecular weight is 436 g/mol. The van der Waals surface area contributed by atoms with E-state index in [1.165, 1.54) is 11.1 Å². The number of hydrogen-bond donors (Lipinski definition) is 1. The molecule has 1 fully saturated rings. The lowest BCUT2D eigenvalue weighted by Crippen LogP contribution is -2.46. The number of amides is 2. The predicted octanol–water partition coefficient (Wildman–Crippen LogP) is 3.59. The molecule has 1 unspecified atom stereocenters. The van der Waals surface area contributed by atoms with Crippen LogP contribution in [0.5, 0.6) is 0 Å². The summed E-state index contributed by atoms with van der Waals surface area (Å²) < 4.78 is 1.07. The first kappa shape index (κ1) is 22.3. The summed E-state index contributed by atoms with van der Waals surface area (Å²) in [6, 6.07) is 13.9. The zero-order valence-corrected chi connectivity index (χ0v) is 19.5. The zero-order chi connectivity index (χ0) is 22.9. The molecule has 2 N–H and O–H groups in total. The van der Waals surface area contributed by atoms with E-state index in [0.29, 0.717) is 18.8 Å². The fraction of sp³-hybridized carbons (Fsp3) is 0.462. The molecule has 2 aliphatic rings. The minimum absolute atomic E-state index is 0.0171. The van der Waals surface area contributed by atoms with Crippen molar-refractivity contribution in [2.45, 2.75) is 40.2 Å². The van der Waals surface area contributed by atoms with Gasteiger partial charge in [0.05, 0.1) is 25.6 Å². The molecule has 4 rings (SSSR count). The Morgan fingerprint density at radius 2 is 1.84 bits per heavy atom. The highest BCUT2D eigenvalue weighted by molar-refractivity contribution is 6.05. The summed E-state index contributed by atoms with van der Waals surface area (Å²) >= 11 is 0. The van der Waals surface area contributed by atoms with Crippen LogP contribution in [0.1, 0.15) is 38.3 Å². The summed E-state index contributed by atoms with van der Waals surface area (Å²) in [5, 5.41) is 0. The zero-order valence-electron chi connectivity index (χ0n) is 19.5. The standard InChI is InChI=1S/C26H35N4O2/c1-4-30(5-2,6-3)18-19-10-11-24-20(14-19)12-13-28(24)26(32)21-15-25(31)29(17-21)23-9-7-8-22(27)16-23/h7-11,14,16,21H,4-6,12-13,15,17-18,27H2,1-3H3/q+1. The second-order valence-electron chi connectivity index (χ2n) is 9.15. The van der Waals surface area contributed by atoms with E-state index in [9.17, 15) is 9.59 Å². The van der Waals surface area contributed by atoms with Crippen LogP contribution in [0.4, 0.5) is 17.1 Å². The second kappa shape index (κ2) is 8.94. The quantitative estimate of drug-likeness (QED) is 0.534. The Balaban J connectivity index is 1.49. The molecule has 2 aromatic carbocycles. The van der Waals surface area contributed by atoms with Crippen molar-refractivity contribution in [3.63, 3.8) is 0 Å². The molecule has 1 saturated heterocycles. The van der Waals surface area contributed by atoms with E-state index in [1.54, 1.807) is 17.0 Å². The van der Waals surface area contributed by atoms with E-state index in [2.05, 4.69) is 39.0 Å². The number of carbonyl (C=O) groups is 2. The van der Waals surface area contributed by atoms with Crippen LogP contribution in [-0.2, 0) is 22.6 Å². The monoisotopic (exact) mass is 435 g/mol. The smallest absolute Gasteiger partial charge is 0.232 e. The number of quaternary nitrogens is 1. The largest absolute Gasteiger partial charge is 0.399 e. The molecule has 0 aliphatic carbocycles. The van der Waals surface area contributed by atoms with Crippen molar-refractivity contribution in [2.75, 3.05) is 48.3 Å². The van der Waals surface area contributed by atoms with Gasteiger partial charge in [0.2, 0.25) is 11.8 Å². The summed E-state index contributed by atoms with van der Waals surface area (Å²) in [6.45, 7) is 12.3. The van der Waals surface area contributed by atoms with Gasteiger partial charge in [-0.25, -0.2) is 0 Å². The topological polar surface area (TPSA) is 66.6 Å². The van der Waals surface area contributed by atoms with Gasteiger partial charge in [-0.1, -0.05) is 12.1 Å². The number of anilines is 3. The van der Waals surface area contributed by atoms with Gasteiger partial charge < -0.3 is 20.0 Å².